The fourth-order valence-corrected chi connectivity index (χ4v) is 1.85. The molecule has 0 aliphatic carbocycles. The third-order valence-electron chi connectivity index (χ3n) is 3.05. The second kappa shape index (κ2) is 7.47. The van der Waals surface area contributed by atoms with E-state index in [4.69, 9.17) is 4.42 Å². The molecule has 5 heteroatoms. The van der Waals surface area contributed by atoms with Crippen molar-refractivity contribution in [2.75, 3.05) is 11.9 Å². The zero-order valence-corrected chi connectivity index (χ0v) is 12.4. The number of nitrogens with one attached hydrogen (secondary N) is 2. The van der Waals surface area contributed by atoms with Crippen LogP contribution in [0.15, 0.2) is 41.3 Å². The van der Waals surface area contributed by atoms with Crippen molar-refractivity contribution in [1.29, 1.82) is 0 Å². The molecular weight excluding hydrogens is 266 g/mol. The van der Waals surface area contributed by atoms with Gasteiger partial charge in [-0.25, -0.2) is 0 Å². The van der Waals surface area contributed by atoms with Gasteiger partial charge in [0.05, 0.1) is 24.1 Å². The highest BCUT2D eigenvalue weighted by molar-refractivity contribution is 5.94. The summed E-state index contributed by atoms with van der Waals surface area (Å²) in [7, 11) is 0. The lowest BCUT2D eigenvalue weighted by molar-refractivity contribution is 0.0947. The Bertz CT molecular complexity index is 565. The normalized spacial score (nSPS) is 10.6. The van der Waals surface area contributed by atoms with E-state index in [1.807, 2.05) is 12.1 Å². The summed E-state index contributed by atoms with van der Waals surface area (Å²) in [6.45, 7) is 5.60. The second-order valence-electron chi connectivity index (χ2n) is 5.33. The number of nitrogens with zero attached hydrogens (tertiary/aromatic N) is 1. The van der Waals surface area contributed by atoms with E-state index in [0.29, 0.717) is 18.0 Å². The van der Waals surface area contributed by atoms with E-state index in [0.717, 1.165) is 24.4 Å². The number of carbonyl (C=O) groups excluding carboxylic acids is 1. The number of anilines is 1. The van der Waals surface area contributed by atoms with Gasteiger partial charge in [0.25, 0.3) is 5.91 Å². The lowest BCUT2D eigenvalue weighted by Crippen LogP contribution is -2.22. The quantitative estimate of drug-likeness (QED) is 0.821. The number of pyridine rings is 1. The van der Waals surface area contributed by atoms with E-state index in [-0.39, 0.29) is 5.91 Å². The topological polar surface area (TPSA) is 67.2 Å². The summed E-state index contributed by atoms with van der Waals surface area (Å²) in [4.78, 5) is 16.2. The van der Waals surface area contributed by atoms with Crippen molar-refractivity contribution in [2.45, 2.75) is 26.8 Å². The molecule has 0 aliphatic rings. The van der Waals surface area contributed by atoms with Crippen LogP contribution < -0.4 is 10.6 Å². The summed E-state index contributed by atoms with van der Waals surface area (Å²) >= 11 is 0. The standard InChI is InChI=1S/C16H21N3O2/c1-12(2)5-6-18-14-8-13(9-17-10-14)16(20)19-11-15-4-3-7-21-15/h3-4,7-10,12,18H,5-6,11H2,1-2H3,(H,19,20). The Morgan fingerprint density at radius 2 is 2.24 bits per heavy atom. The molecule has 0 saturated carbocycles. The second-order valence-corrected chi connectivity index (χ2v) is 5.33. The largest absolute Gasteiger partial charge is 0.467 e. The monoisotopic (exact) mass is 287 g/mol. The first-order valence-corrected chi connectivity index (χ1v) is 7.14. The summed E-state index contributed by atoms with van der Waals surface area (Å²) in [5.41, 5.74) is 1.40. The van der Waals surface area contributed by atoms with Gasteiger partial charge < -0.3 is 15.1 Å². The van der Waals surface area contributed by atoms with Crippen LogP contribution in [-0.4, -0.2) is 17.4 Å². The summed E-state index contributed by atoms with van der Waals surface area (Å²) < 4.78 is 5.18. The highest BCUT2D eigenvalue weighted by atomic mass is 16.3. The molecule has 0 spiro atoms. The van der Waals surface area contributed by atoms with Gasteiger partial charge in [-0.05, 0) is 30.5 Å². The van der Waals surface area contributed by atoms with Crippen molar-refractivity contribution in [3.05, 3.63) is 48.2 Å². The summed E-state index contributed by atoms with van der Waals surface area (Å²) in [6.07, 6.45) is 5.95. The number of hydrogen-bond donors (Lipinski definition) is 2. The molecule has 112 valence electrons. The number of furan rings is 1. The van der Waals surface area contributed by atoms with Crippen LogP contribution in [0.5, 0.6) is 0 Å². The molecule has 0 radical (unpaired) electrons. The zero-order chi connectivity index (χ0) is 15.1. The van der Waals surface area contributed by atoms with Gasteiger partial charge in [-0.15, -0.1) is 0 Å². The minimum absolute atomic E-state index is 0.161. The number of amides is 1. The minimum Gasteiger partial charge on any atom is -0.467 e. The maximum Gasteiger partial charge on any atom is 0.253 e. The number of carbonyl (C=O) groups is 1. The lowest BCUT2D eigenvalue weighted by Gasteiger charge is -2.09. The van der Waals surface area contributed by atoms with Gasteiger partial charge in [-0.3, -0.25) is 9.78 Å². The molecule has 2 rings (SSSR count). The highest BCUT2D eigenvalue weighted by Gasteiger charge is 2.07. The van der Waals surface area contributed by atoms with Gasteiger partial charge in [-0.2, -0.15) is 0 Å². The van der Waals surface area contributed by atoms with E-state index in [1.54, 1.807) is 24.7 Å². The van der Waals surface area contributed by atoms with Gasteiger partial charge in [0.15, 0.2) is 0 Å². The Labute approximate surface area is 124 Å². The van der Waals surface area contributed by atoms with E-state index in [2.05, 4.69) is 29.5 Å². The first kappa shape index (κ1) is 15.1. The molecule has 0 fully saturated rings. The molecule has 2 aromatic rings. The Hall–Kier alpha value is -2.30. The van der Waals surface area contributed by atoms with Gasteiger partial charge in [0.1, 0.15) is 5.76 Å². The molecule has 0 bridgehead atoms. The Balaban J connectivity index is 1.88. The Morgan fingerprint density at radius 3 is 2.95 bits per heavy atom. The summed E-state index contributed by atoms with van der Waals surface area (Å²) in [5.74, 6) is 1.21. The van der Waals surface area contributed by atoms with Crippen molar-refractivity contribution in [2.24, 2.45) is 5.92 Å². The summed E-state index contributed by atoms with van der Waals surface area (Å²) in [5, 5.41) is 6.08. The van der Waals surface area contributed by atoms with Gasteiger partial charge in [-0.1, -0.05) is 13.8 Å². The van der Waals surface area contributed by atoms with Crippen LogP contribution in [0.4, 0.5) is 5.69 Å². The fraction of sp³-hybridized carbons (Fsp3) is 0.375. The Kier molecular flexibility index (Phi) is 5.37. The number of hydrogen-bond acceptors (Lipinski definition) is 4. The molecule has 1 amide bonds. The fourth-order valence-electron chi connectivity index (χ4n) is 1.85. The average molecular weight is 287 g/mol. The number of rotatable bonds is 7. The van der Waals surface area contributed by atoms with Crippen molar-refractivity contribution in [3.8, 4) is 0 Å². The predicted molar refractivity (Wildman–Crippen MR) is 82.1 cm³/mol. The van der Waals surface area contributed by atoms with Crippen LogP contribution in [-0.2, 0) is 6.54 Å². The first-order chi connectivity index (χ1) is 10.1. The molecule has 2 N–H and O–H groups in total. The lowest BCUT2D eigenvalue weighted by atomic mass is 10.1. The van der Waals surface area contributed by atoms with Gasteiger partial charge >= 0.3 is 0 Å². The van der Waals surface area contributed by atoms with Crippen LogP contribution >= 0.6 is 0 Å². The van der Waals surface area contributed by atoms with Gasteiger partial charge in [0, 0.05) is 18.9 Å². The Morgan fingerprint density at radius 1 is 1.38 bits per heavy atom. The van der Waals surface area contributed by atoms with Crippen molar-refractivity contribution < 1.29 is 9.21 Å². The van der Waals surface area contributed by atoms with Crippen molar-refractivity contribution in [3.63, 3.8) is 0 Å². The minimum atomic E-state index is -0.161. The molecular formula is C16H21N3O2. The molecule has 2 aromatic heterocycles. The molecule has 0 aliphatic heterocycles. The first-order valence-electron chi connectivity index (χ1n) is 7.14. The molecule has 21 heavy (non-hydrogen) atoms. The maximum atomic E-state index is 12.1. The van der Waals surface area contributed by atoms with E-state index in [1.165, 1.54) is 0 Å². The molecule has 0 atom stereocenters. The van der Waals surface area contributed by atoms with Crippen LogP contribution in [0.2, 0.25) is 0 Å². The van der Waals surface area contributed by atoms with Crippen LogP contribution in [0.25, 0.3) is 0 Å². The zero-order valence-electron chi connectivity index (χ0n) is 12.4. The molecule has 5 nitrogen and oxygen atoms in total. The third kappa shape index (κ3) is 4.95. The summed E-state index contributed by atoms with van der Waals surface area (Å²) in [6, 6.07) is 5.43. The molecule has 0 saturated heterocycles. The third-order valence-corrected chi connectivity index (χ3v) is 3.05. The van der Waals surface area contributed by atoms with Crippen LogP contribution in [0.1, 0.15) is 36.4 Å². The molecule has 0 unspecified atom stereocenters. The van der Waals surface area contributed by atoms with Crippen molar-refractivity contribution >= 4 is 11.6 Å². The average Bonchev–Trinajstić information content (AvgIpc) is 2.98. The van der Waals surface area contributed by atoms with Crippen LogP contribution in [0, 0.1) is 5.92 Å². The highest BCUT2D eigenvalue weighted by Crippen LogP contribution is 2.10. The van der Waals surface area contributed by atoms with Crippen LogP contribution in [0.3, 0.4) is 0 Å². The van der Waals surface area contributed by atoms with E-state index < -0.39 is 0 Å². The molecule has 0 aromatic carbocycles. The van der Waals surface area contributed by atoms with Gasteiger partial charge in [0.2, 0.25) is 0 Å². The number of aromatic nitrogens is 1. The van der Waals surface area contributed by atoms with E-state index >= 15 is 0 Å². The maximum absolute atomic E-state index is 12.1. The van der Waals surface area contributed by atoms with E-state index in [9.17, 15) is 4.79 Å². The SMILES string of the molecule is CC(C)CCNc1cncc(C(=O)NCc2ccco2)c1. The van der Waals surface area contributed by atoms with Crippen molar-refractivity contribution in [1.82, 2.24) is 10.3 Å². The smallest absolute Gasteiger partial charge is 0.253 e. The molecule has 2 heterocycles. The predicted octanol–water partition coefficient (Wildman–Crippen LogP) is 3.06.